The monoisotopic (exact) mass is 446 g/mol. The second kappa shape index (κ2) is 9.08. The van der Waals surface area contributed by atoms with Crippen LogP contribution in [0.1, 0.15) is 36.6 Å². The minimum absolute atomic E-state index is 0.200. The second-order valence-electron chi connectivity index (χ2n) is 8.20. The molecule has 8 heteroatoms. The summed E-state index contributed by atoms with van der Waals surface area (Å²) in [5, 5.41) is 11.7. The van der Waals surface area contributed by atoms with Gasteiger partial charge in [-0.05, 0) is 38.0 Å². The van der Waals surface area contributed by atoms with Crippen molar-refractivity contribution in [3.8, 4) is 0 Å². The molecule has 1 aliphatic rings. The number of benzene rings is 1. The molecule has 0 bridgehead atoms. The number of nitrogens with one attached hydrogen (secondary N) is 1. The lowest BCUT2D eigenvalue weighted by molar-refractivity contribution is -0.132. The number of nitrogens with zero attached hydrogens (tertiary/aromatic N) is 5. The maximum absolute atomic E-state index is 12.8. The van der Waals surface area contributed by atoms with Crippen LogP contribution < -0.4 is 5.32 Å². The van der Waals surface area contributed by atoms with E-state index in [2.05, 4.69) is 21.5 Å². The summed E-state index contributed by atoms with van der Waals surface area (Å²) < 4.78 is 1.92. The van der Waals surface area contributed by atoms with Gasteiger partial charge in [0, 0.05) is 41.9 Å². The Labute approximate surface area is 191 Å². The van der Waals surface area contributed by atoms with Gasteiger partial charge in [-0.25, -0.2) is 9.97 Å². The molecule has 1 saturated heterocycles. The lowest BCUT2D eigenvalue weighted by Gasteiger charge is -2.32. The molecular weight excluding hydrogens is 420 g/mol. The molecular formula is C24H26N6OS. The average Bonchev–Trinajstić information content (AvgIpc) is 3.43. The second-order valence-corrected chi connectivity index (χ2v) is 9.06. The SMILES string of the molecule is Cc1csc(Nc2cccc(C3CCN(C(=O)CCn4ncc5ccccc54)CC3)n2)n1. The molecule has 4 heterocycles. The predicted octanol–water partition coefficient (Wildman–Crippen LogP) is 4.74. The Morgan fingerprint density at radius 3 is 2.78 bits per heavy atom. The van der Waals surface area contributed by atoms with Crippen LogP contribution in [0.25, 0.3) is 10.9 Å². The molecule has 1 N–H and O–H groups in total. The number of hydrogen-bond acceptors (Lipinski definition) is 6. The summed E-state index contributed by atoms with van der Waals surface area (Å²) in [7, 11) is 0. The molecule has 5 rings (SSSR count). The maximum atomic E-state index is 12.8. The number of hydrogen-bond donors (Lipinski definition) is 1. The number of carbonyl (C=O) groups is 1. The van der Waals surface area contributed by atoms with Crippen molar-refractivity contribution in [1.82, 2.24) is 24.6 Å². The van der Waals surface area contributed by atoms with E-state index in [1.807, 2.05) is 64.5 Å². The maximum Gasteiger partial charge on any atom is 0.224 e. The van der Waals surface area contributed by atoms with Crippen molar-refractivity contribution in [1.29, 1.82) is 0 Å². The number of anilines is 2. The van der Waals surface area contributed by atoms with E-state index in [9.17, 15) is 4.79 Å². The Morgan fingerprint density at radius 1 is 1.12 bits per heavy atom. The molecule has 3 aromatic heterocycles. The van der Waals surface area contributed by atoms with Crippen molar-refractivity contribution in [3.05, 3.63) is 65.4 Å². The molecule has 0 saturated carbocycles. The van der Waals surface area contributed by atoms with E-state index >= 15 is 0 Å². The van der Waals surface area contributed by atoms with E-state index in [1.165, 1.54) is 0 Å². The molecule has 164 valence electrons. The van der Waals surface area contributed by atoms with E-state index in [1.54, 1.807) is 11.3 Å². The molecule has 7 nitrogen and oxygen atoms in total. The topological polar surface area (TPSA) is 75.9 Å². The Hall–Kier alpha value is -3.26. The summed E-state index contributed by atoms with van der Waals surface area (Å²) in [6, 6.07) is 14.2. The normalized spacial score (nSPS) is 14.7. The third-order valence-corrected chi connectivity index (χ3v) is 6.85. The molecule has 1 aromatic carbocycles. The molecule has 0 spiro atoms. The molecule has 0 radical (unpaired) electrons. The van der Waals surface area contributed by atoms with Crippen LogP contribution >= 0.6 is 11.3 Å². The van der Waals surface area contributed by atoms with Crippen molar-refractivity contribution in [2.45, 2.75) is 38.6 Å². The number of piperidine rings is 1. The summed E-state index contributed by atoms with van der Waals surface area (Å²) in [5.41, 5.74) is 3.16. The van der Waals surface area contributed by atoms with Gasteiger partial charge in [0.15, 0.2) is 5.13 Å². The molecule has 4 aromatic rings. The Kier molecular flexibility index (Phi) is 5.85. The number of likely N-dealkylation sites (tertiary alicyclic amines) is 1. The van der Waals surface area contributed by atoms with Crippen LogP contribution in [0.15, 0.2) is 54.0 Å². The first-order valence-electron chi connectivity index (χ1n) is 11.0. The van der Waals surface area contributed by atoms with Crippen LogP contribution in [0, 0.1) is 6.92 Å². The highest BCUT2D eigenvalue weighted by molar-refractivity contribution is 7.13. The number of rotatable bonds is 6. The number of thiazole rings is 1. The van der Waals surface area contributed by atoms with Crippen LogP contribution in [0.2, 0.25) is 0 Å². The average molecular weight is 447 g/mol. The number of carbonyl (C=O) groups excluding carboxylic acids is 1. The van der Waals surface area contributed by atoms with Gasteiger partial charge >= 0.3 is 0 Å². The van der Waals surface area contributed by atoms with Crippen LogP contribution in [0.4, 0.5) is 10.9 Å². The first kappa shape index (κ1) is 20.6. The summed E-state index contributed by atoms with van der Waals surface area (Å²) in [5.74, 6) is 1.39. The predicted molar refractivity (Wildman–Crippen MR) is 127 cm³/mol. The van der Waals surface area contributed by atoms with Crippen LogP contribution in [-0.2, 0) is 11.3 Å². The summed E-state index contributed by atoms with van der Waals surface area (Å²) in [4.78, 5) is 24.0. The third-order valence-electron chi connectivity index (χ3n) is 5.98. The van der Waals surface area contributed by atoms with E-state index in [-0.39, 0.29) is 5.91 Å². The van der Waals surface area contributed by atoms with E-state index in [4.69, 9.17) is 4.98 Å². The minimum Gasteiger partial charge on any atom is -0.343 e. The van der Waals surface area contributed by atoms with E-state index in [0.717, 1.165) is 59.2 Å². The zero-order valence-electron chi connectivity index (χ0n) is 18.1. The van der Waals surface area contributed by atoms with Crippen LogP contribution in [-0.4, -0.2) is 43.6 Å². The van der Waals surface area contributed by atoms with Gasteiger partial charge in [0.05, 0.1) is 24.0 Å². The van der Waals surface area contributed by atoms with Gasteiger partial charge in [0.25, 0.3) is 0 Å². The molecule has 1 amide bonds. The van der Waals surface area contributed by atoms with E-state index < -0.39 is 0 Å². The van der Waals surface area contributed by atoms with Crippen LogP contribution in [0.5, 0.6) is 0 Å². The van der Waals surface area contributed by atoms with Gasteiger partial charge in [0.2, 0.25) is 5.91 Å². The van der Waals surface area contributed by atoms with Crippen molar-refractivity contribution in [2.24, 2.45) is 0 Å². The fourth-order valence-electron chi connectivity index (χ4n) is 4.26. The number of fused-ring (bicyclic) bond motifs is 1. The number of para-hydroxylation sites is 1. The Bertz CT molecular complexity index is 1220. The van der Waals surface area contributed by atoms with Crippen molar-refractivity contribution < 1.29 is 4.79 Å². The van der Waals surface area contributed by atoms with Gasteiger partial charge in [-0.2, -0.15) is 5.10 Å². The zero-order chi connectivity index (χ0) is 21.9. The van der Waals surface area contributed by atoms with Crippen molar-refractivity contribution >= 4 is 39.1 Å². The van der Waals surface area contributed by atoms with Gasteiger partial charge in [-0.1, -0.05) is 24.3 Å². The summed E-state index contributed by atoms with van der Waals surface area (Å²) >= 11 is 1.58. The fourth-order valence-corrected chi connectivity index (χ4v) is 4.95. The summed E-state index contributed by atoms with van der Waals surface area (Å²) in [6.07, 6.45) is 4.20. The third kappa shape index (κ3) is 4.50. The van der Waals surface area contributed by atoms with Crippen molar-refractivity contribution in [2.75, 3.05) is 18.4 Å². The highest BCUT2D eigenvalue weighted by Crippen LogP contribution is 2.29. The number of aromatic nitrogens is 4. The first-order valence-corrected chi connectivity index (χ1v) is 11.9. The Morgan fingerprint density at radius 2 is 1.97 bits per heavy atom. The molecule has 1 fully saturated rings. The lowest BCUT2D eigenvalue weighted by Crippen LogP contribution is -2.38. The van der Waals surface area contributed by atoms with Gasteiger partial charge in [0.1, 0.15) is 5.82 Å². The molecule has 32 heavy (non-hydrogen) atoms. The number of amides is 1. The number of pyridine rings is 1. The lowest BCUT2D eigenvalue weighted by atomic mass is 9.93. The van der Waals surface area contributed by atoms with Gasteiger partial charge < -0.3 is 10.2 Å². The van der Waals surface area contributed by atoms with Crippen LogP contribution in [0.3, 0.4) is 0 Å². The van der Waals surface area contributed by atoms with Gasteiger partial charge in [-0.15, -0.1) is 11.3 Å². The molecule has 0 aliphatic carbocycles. The fraction of sp³-hybridized carbons (Fsp3) is 0.333. The molecule has 0 unspecified atom stereocenters. The first-order chi connectivity index (χ1) is 15.7. The number of aryl methyl sites for hydroxylation is 2. The van der Waals surface area contributed by atoms with Crippen molar-refractivity contribution in [3.63, 3.8) is 0 Å². The smallest absolute Gasteiger partial charge is 0.224 e. The van der Waals surface area contributed by atoms with Gasteiger partial charge in [-0.3, -0.25) is 9.48 Å². The highest BCUT2D eigenvalue weighted by Gasteiger charge is 2.24. The summed E-state index contributed by atoms with van der Waals surface area (Å²) in [6.45, 7) is 4.14. The molecule has 0 atom stereocenters. The Balaban J connectivity index is 1.15. The molecule has 1 aliphatic heterocycles. The standard InChI is InChI=1S/C24H26N6OS/c1-17-16-32-24(26-17)28-22-8-4-6-20(27-22)18-9-12-29(13-10-18)23(31)11-14-30-21-7-3-2-5-19(21)15-25-30/h2-8,15-16,18H,9-14H2,1H3,(H,26,27,28). The highest BCUT2D eigenvalue weighted by atomic mass is 32.1. The zero-order valence-corrected chi connectivity index (χ0v) is 18.9. The quantitative estimate of drug-likeness (QED) is 0.463. The largest absolute Gasteiger partial charge is 0.343 e. The minimum atomic E-state index is 0.200. The van der Waals surface area contributed by atoms with E-state index in [0.29, 0.717) is 18.9 Å².